The second kappa shape index (κ2) is 3.06. The van der Waals surface area contributed by atoms with Crippen LogP contribution in [0.2, 0.25) is 0 Å². The fraction of sp³-hybridized carbons (Fsp3) is 0.100. The molecule has 2 aromatic rings. The highest BCUT2D eigenvalue weighted by Crippen LogP contribution is 2.32. The highest BCUT2D eigenvalue weighted by atomic mass is 16.3. The zero-order valence-corrected chi connectivity index (χ0v) is 7.65. The number of rotatable bonds is 1. The molecule has 0 bridgehead atoms. The van der Waals surface area contributed by atoms with E-state index in [4.69, 9.17) is 5.11 Å². The van der Waals surface area contributed by atoms with Gasteiger partial charge in [-0.3, -0.25) is 5.10 Å². The minimum absolute atomic E-state index is 0.0392. The van der Waals surface area contributed by atoms with Crippen molar-refractivity contribution in [2.75, 3.05) is 0 Å². The first-order valence-electron chi connectivity index (χ1n) is 4.21. The number of benzene rings is 1. The number of aromatic nitrogens is 2. The summed E-state index contributed by atoms with van der Waals surface area (Å²) in [5.41, 5.74) is 2.35. The minimum atomic E-state index is 0.0392. The first kappa shape index (κ1) is 8.62. The van der Waals surface area contributed by atoms with Crippen LogP contribution in [0, 0.1) is 6.92 Å². The third-order valence-corrected chi connectivity index (χ3v) is 2.08. The molecule has 3 N–H and O–H groups in total. The van der Waals surface area contributed by atoms with Crippen molar-refractivity contribution in [1.29, 1.82) is 0 Å². The summed E-state index contributed by atoms with van der Waals surface area (Å²) in [6.07, 6.45) is 1.68. The maximum absolute atomic E-state index is 9.58. The van der Waals surface area contributed by atoms with Crippen molar-refractivity contribution in [3.63, 3.8) is 0 Å². The molecule has 14 heavy (non-hydrogen) atoms. The van der Waals surface area contributed by atoms with Crippen molar-refractivity contribution >= 4 is 0 Å². The standard InChI is InChI=1S/C10H10N2O2/c1-6-5-11-12-10(6)8-3-2-7(13)4-9(8)14/h2-5,13-14H,1H3,(H,11,12). The molecule has 1 aromatic carbocycles. The van der Waals surface area contributed by atoms with Crippen LogP contribution in [-0.2, 0) is 0 Å². The van der Waals surface area contributed by atoms with E-state index in [9.17, 15) is 5.11 Å². The molecule has 0 aliphatic carbocycles. The van der Waals surface area contributed by atoms with Crippen LogP contribution in [0.3, 0.4) is 0 Å². The molecule has 0 radical (unpaired) electrons. The van der Waals surface area contributed by atoms with Crippen molar-refractivity contribution in [2.45, 2.75) is 6.92 Å². The van der Waals surface area contributed by atoms with Gasteiger partial charge in [-0.15, -0.1) is 0 Å². The third-order valence-electron chi connectivity index (χ3n) is 2.08. The summed E-state index contributed by atoms with van der Waals surface area (Å²) in [5, 5.41) is 25.4. The van der Waals surface area contributed by atoms with E-state index in [2.05, 4.69) is 10.2 Å². The summed E-state index contributed by atoms with van der Waals surface area (Å²) in [6, 6.07) is 4.47. The molecule has 1 aromatic heterocycles. The molecular formula is C10H10N2O2. The van der Waals surface area contributed by atoms with Gasteiger partial charge in [0.25, 0.3) is 0 Å². The Morgan fingerprint density at radius 3 is 2.64 bits per heavy atom. The molecule has 0 fully saturated rings. The first-order valence-corrected chi connectivity index (χ1v) is 4.21. The van der Waals surface area contributed by atoms with Crippen LogP contribution in [-0.4, -0.2) is 20.4 Å². The molecule has 72 valence electrons. The molecule has 0 unspecified atom stereocenters. The van der Waals surface area contributed by atoms with Gasteiger partial charge in [0.05, 0.1) is 11.9 Å². The molecule has 0 atom stereocenters. The van der Waals surface area contributed by atoms with Gasteiger partial charge in [0, 0.05) is 11.6 Å². The summed E-state index contributed by atoms with van der Waals surface area (Å²) in [7, 11) is 0. The molecule has 0 aliphatic heterocycles. The number of aromatic hydroxyl groups is 2. The molecule has 0 aliphatic rings. The number of aryl methyl sites for hydroxylation is 1. The van der Waals surface area contributed by atoms with Crippen molar-refractivity contribution in [2.24, 2.45) is 0 Å². The summed E-state index contributed by atoms with van der Waals surface area (Å²) < 4.78 is 0. The van der Waals surface area contributed by atoms with E-state index < -0.39 is 0 Å². The lowest BCUT2D eigenvalue weighted by Crippen LogP contribution is -1.81. The number of aromatic amines is 1. The minimum Gasteiger partial charge on any atom is -0.508 e. The maximum Gasteiger partial charge on any atom is 0.128 e. The van der Waals surface area contributed by atoms with Crippen LogP contribution in [0.5, 0.6) is 11.5 Å². The largest absolute Gasteiger partial charge is 0.508 e. The van der Waals surface area contributed by atoms with Crippen LogP contribution in [0.15, 0.2) is 24.4 Å². The maximum atomic E-state index is 9.58. The van der Waals surface area contributed by atoms with Crippen LogP contribution in [0.25, 0.3) is 11.3 Å². The van der Waals surface area contributed by atoms with E-state index in [1.165, 1.54) is 12.1 Å². The van der Waals surface area contributed by atoms with Crippen molar-refractivity contribution in [3.05, 3.63) is 30.0 Å². The van der Waals surface area contributed by atoms with Gasteiger partial charge in [0.2, 0.25) is 0 Å². The van der Waals surface area contributed by atoms with Gasteiger partial charge in [-0.2, -0.15) is 5.10 Å². The Hall–Kier alpha value is -1.97. The molecule has 2 rings (SSSR count). The Labute approximate surface area is 80.8 Å². The summed E-state index contributed by atoms with van der Waals surface area (Å²) in [6.45, 7) is 1.89. The van der Waals surface area contributed by atoms with Gasteiger partial charge in [-0.25, -0.2) is 0 Å². The van der Waals surface area contributed by atoms with Crippen LogP contribution in [0.1, 0.15) is 5.56 Å². The zero-order chi connectivity index (χ0) is 10.1. The number of phenolic OH excluding ortho intramolecular Hbond substituents is 2. The molecule has 0 saturated heterocycles. The number of phenols is 2. The molecule has 0 amide bonds. The quantitative estimate of drug-likeness (QED) is 0.642. The second-order valence-corrected chi connectivity index (χ2v) is 3.13. The van der Waals surface area contributed by atoms with Crippen molar-refractivity contribution in [1.82, 2.24) is 10.2 Å². The zero-order valence-electron chi connectivity index (χ0n) is 7.65. The van der Waals surface area contributed by atoms with E-state index >= 15 is 0 Å². The number of hydrogen-bond donors (Lipinski definition) is 3. The Kier molecular flexibility index (Phi) is 1.89. The molecule has 1 heterocycles. The highest BCUT2D eigenvalue weighted by molar-refractivity contribution is 5.70. The van der Waals surface area contributed by atoms with Crippen molar-refractivity contribution < 1.29 is 10.2 Å². The number of H-pyrrole nitrogens is 1. The van der Waals surface area contributed by atoms with E-state index in [0.29, 0.717) is 5.56 Å². The summed E-state index contributed by atoms with van der Waals surface area (Å²) >= 11 is 0. The van der Waals surface area contributed by atoms with E-state index in [1.54, 1.807) is 12.3 Å². The lowest BCUT2D eigenvalue weighted by Gasteiger charge is -2.03. The van der Waals surface area contributed by atoms with Crippen LogP contribution >= 0.6 is 0 Å². The number of nitrogens with one attached hydrogen (secondary N) is 1. The molecule has 0 spiro atoms. The number of hydrogen-bond acceptors (Lipinski definition) is 3. The Bertz CT molecular complexity index is 463. The molecule has 0 saturated carbocycles. The Balaban J connectivity index is 2.58. The lowest BCUT2D eigenvalue weighted by atomic mass is 10.1. The number of nitrogens with zero attached hydrogens (tertiary/aromatic N) is 1. The van der Waals surface area contributed by atoms with E-state index in [1.807, 2.05) is 6.92 Å². The van der Waals surface area contributed by atoms with Gasteiger partial charge in [-0.05, 0) is 24.6 Å². The molecule has 4 nitrogen and oxygen atoms in total. The topological polar surface area (TPSA) is 69.1 Å². The lowest BCUT2D eigenvalue weighted by molar-refractivity contribution is 0.451. The predicted molar refractivity (Wildman–Crippen MR) is 52.1 cm³/mol. The van der Waals surface area contributed by atoms with Gasteiger partial charge in [0.15, 0.2) is 0 Å². The van der Waals surface area contributed by atoms with Gasteiger partial charge in [0.1, 0.15) is 11.5 Å². The van der Waals surface area contributed by atoms with Crippen LogP contribution < -0.4 is 0 Å². The monoisotopic (exact) mass is 190 g/mol. The molecular weight excluding hydrogens is 180 g/mol. The third kappa shape index (κ3) is 1.31. The van der Waals surface area contributed by atoms with Gasteiger partial charge < -0.3 is 10.2 Å². The fourth-order valence-corrected chi connectivity index (χ4v) is 1.35. The summed E-state index contributed by atoms with van der Waals surface area (Å²) in [4.78, 5) is 0. The van der Waals surface area contributed by atoms with Crippen molar-refractivity contribution in [3.8, 4) is 22.8 Å². The average molecular weight is 190 g/mol. The first-order chi connectivity index (χ1) is 6.68. The second-order valence-electron chi connectivity index (χ2n) is 3.13. The Morgan fingerprint density at radius 2 is 2.07 bits per heavy atom. The highest BCUT2D eigenvalue weighted by Gasteiger charge is 2.08. The van der Waals surface area contributed by atoms with Crippen LogP contribution in [0.4, 0.5) is 0 Å². The SMILES string of the molecule is Cc1cn[nH]c1-c1ccc(O)cc1O. The van der Waals surface area contributed by atoms with Gasteiger partial charge in [-0.1, -0.05) is 0 Å². The van der Waals surface area contributed by atoms with E-state index in [-0.39, 0.29) is 11.5 Å². The van der Waals surface area contributed by atoms with E-state index in [0.717, 1.165) is 11.3 Å². The molecule has 4 heteroatoms. The smallest absolute Gasteiger partial charge is 0.128 e. The average Bonchev–Trinajstić information content (AvgIpc) is 2.52. The fourth-order valence-electron chi connectivity index (χ4n) is 1.35. The normalized spacial score (nSPS) is 10.4. The predicted octanol–water partition coefficient (Wildman–Crippen LogP) is 1.80. The van der Waals surface area contributed by atoms with Gasteiger partial charge >= 0.3 is 0 Å². The summed E-state index contributed by atoms with van der Waals surface area (Å²) in [5.74, 6) is 0.0840. The Morgan fingerprint density at radius 1 is 1.29 bits per heavy atom.